The summed E-state index contributed by atoms with van der Waals surface area (Å²) in [5.41, 5.74) is 2.02. The van der Waals surface area contributed by atoms with Crippen molar-refractivity contribution in [3.8, 4) is 11.3 Å². The van der Waals surface area contributed by atoms with E-state index in [4.69, 9.17) is 4.74 Å². The first-order valence-corrected chi connectivity index (χ1v) is 10.6. The lowest BCUT2D eigenvalue weighted by atomic mass is 10.0. The van der Waals surface area contributed by atoms with Crippen molar-refractivity contribution in [1.29, 1.82) is 0 Å². The molecule has 1 atom stereocenters. The van der Waals surface area contributed by atoms with Gasteiger partial charge < -0.3 is 9.30 Å². The fourth-order valence-electron chi connectivity index (χ4n) is 4.72. The highest BCUT2D eigenvalue weighted by molar-refractivity contribution is 5.97. The predicted molar refractivity (Wildman–Crippen MR) is 123 cm³/mol. The highest BCUT2D eigenvalue weighted by atomic mass is 19.1. The van der Waals surface area contributed by atoms with E-state index in [0.29, 0.717) is 46.7 Å². The third kappa shape index (κ3) is 3.10. The van der Waals surface area contributed by atoms with Crippen LogP contribution in [0.5, 0.6) is 0 Å². The predicted octanol–water partition coefficient (Wildman–Crippen LogP) is 3.18. The number of rotatable bonds is 3. The first-order chi connectivity index (χ1) is 16.2. The van der Waals surface area contributed by atoms with Crippen LogP contribution >= 0.6 is 0 Å². The van der Waals surface area contributed by atoms with Gasteiger partial charge in [-0.3, -0.25) is 24.0 Å². The van der Waals surface area contributed by atoms with Gasteiger partial charge in [-0.2, -0.15) is 0 Å². The Labute approximate surface area is 192 Å². The second-order valence-corrected chi connectivity index (χ2v) is 8.38. The highest BCUT2D eigenvalue weighted by Gasteiger charge is 2.33. The second-order valence-electron chi connectivity index (χ2n) is 8.38. The molecule has 0 amide bonds. The molecule has 174 valence electrons. The number of hydrogen-bond acceptors (Lipinski definition) is 5. The van der Waals surface area contributed by atoms with E-state index in [2.05, 4.69) is 0 Å². The number of ether oxygens (including phenoxy) is 1. The Kier molecular flexibility index (Phi) is 4.98. The Morgan fingerprint density at radius 2 is 1.79 bits per heavy atom. The highest BCUT2D eigenvalue weighted by Crippen LogP contribution is 2.41. The lowest BCUT2D eigenvalue weighted by Gasteiger charge is -2.27. The number of aryl methyl sites for hydroxylation is 2. The third-order valence-corrected chi connectivity index (χ3v) is 6.40. The maximum Gasteiger partial charge on any atom is 0.331 e. The van der Waals surface area contributed by atoms with Crippen molar-refractivity contribution >= 4 is 16.6 Å². The molecular weight excluding hydrogens is 443 g/mol. The zero-order chi connectivity index (χ0) is 24.3. The van der Waals surface area contributed by atoms with E-state index < -0.39 is 28.1 Å². The minimum Gasteiger partial charge on any atom is -0.365 e. The fourth-order valence-corrected chi connectivity index (χ4v) is 4.72. The lowest BCUT2D eigenvalue weighted by molar-refractivity contribution is -0.385. The van der Waals surface area contributed by atoms with Crippen LogP contribution in [0.4, 0.5) is 10.1 Å². The van der Waals surface area contributed by atoms with Crippen molar-refractivity contribution in [3.05, 3.63) is 96.1 Å². The summed E-state index contributed by atoms with van der Waals surface area (Å²) >= 11 is 0. The van der Waals surface area contributed by atoms with Gasteiger partial charge in [0.1, 0.15) is 11.9 Å². The molecule has 5 rings (SSSR count). The topological polar surface area (TPSA) is 101 Å². The van der Waals surface area contributed by atoms with Crippen molar-refractivity contribution in [3.63, 3.8) is 0 Å². The van der Waals surface area contributed by atoms with Crippen LogP contribution in [0.1, 0.15) is 22.9 Å². The van der Waals surface area contributed by atoms with Crippen LogP contribution in [0.25, 0.3) is 22.2 Å². The molecule has 0 aliphatic carbocycles. The van der Waals surface area contributed by atoms with Gasteiger partial charge >= 0.3 is 5.69 Å². The van der Waals surface area contributed by atoms with Gasteiger partial charge in [0.2, 0.25) is 0 Å². The molecule has 2 aromatic heterocycles. The van der Waals surface area contributed by atoms with Crippen LogP contribution in [-0.2, 0) is 25.4 Å². The summed E-state index contributed by atoms with van der Waals surface area (Å²) in [6, 6.07) is 10.7. The van der Waals surface area contributed by atoms with E-state index in [9.17, 15) is 24.1 Å². The molecule has 9 nitrogen and oxygen atoms in total. The largest absolute Gasteiger partial charge is 0.365 e. The van der Waals surface area contributed by atoms with Crippen molar-refractivity contribution < 1.29 is 14.1 Å². The van der Waals surface area contributed by atoms with E-state index in [1.54, 1.807) is 38.2 Å². The number of halogens is 1. The summed E-state index contributed by atoms with van der Waals surface area (Å²) in [7, 11) is 2.97. The monoisotopic (exact) mass is 464 g/mol. The molecule has 0 saturated carbocycles. The number of benzene rings is 2. The Balaban J connectivity index is 1.93. The van der Waals surface area contributed by atoms with Crippen LogP contribution in [0.15, 0.2) is 52.1 Å². The molecule has 0 unspecified atom stereocenters. The molecule has 0 spiro atoms. The molecule has 34 heavy (non-hydrogen) atoms. The summed E-state index contributed by atoms with van der Waals surface area (Å²) < 4.78 is 23.9. The second kappa shape index (κ2) is 7.77. The number of hydrogen-bond donors (Lipinski definition) is 0. The van der Waals surface area contributed by atoms with Crippen LogP contribution in [-0.4, -0.2) is 25.2 Å². The first kappa shape index (κ1) is 21.8. The smallest absolute Gasteiger partial charge is 0.331 e. The minimum atomic E-state index is -0.663. The fraction of sp³-hybridized carbons (Fsp3) is 0.250. The molecule has 1 aliphatic rings. The first-order valence-electron chi connectivity index (χ1n) is 10.6. The van der Waals surface area contributed by atoms with Gasteiger partial charge in [0.25, 0.3) is 11.2 Å². The molecule has 0 bridgehead atoms. The maximum atomic E-state index is 13.6. The molecule has 0 saturated heterocycles. The van der Waals surface area contributed by atoms with Crippen LogP contribution in [0.2, 0.25) is 0 Å². The number of fused-ring (bicyclic) bond motifs is 3. The van der Waals surface area contributed by atoms with E-state index in [-0.39, 0.29) is 11.1 Å². The quantitative estimate of drug-likeness (QED) is 0.342. The van der Waals surface area contributed by atoms with E-state index >= 15 is 0 Å². The van der Waals surface area contributed by atoms with Gasteiger partial charge in [0.05, 0.1) is 33.8 Å². The van der Waals surface area contributed by atoms with E-state index in [1.165, 1.54) is 29.8 Å². The number of nitrogens with zero attached hydrogens (tertiary/aromatic N) is 4. The van der Waals surface area contributed by atoms with Gasteiger partial charge in [-0.15, -0.1) is 0 Å². The Hall–Kier alpha value is -4.05. The zero-order valence-electron chi connectivity index (χ0n) is 18.7. The van der Waals surface area contributed by atoms with Crippen molar-refractivity contribution in [2.24, 2.45) is 14.1 Å². The average molecular weight is 464 g/mol. The molecule has 4 aromatic rings. The Morgan fingerprint density at radius 3 is 2.47 bits per heavy atom. The van der Waals surface area contributed by atoms with Gasteiger partial charge in [-0.1, -0.05) is 24.3 Å². The zero-order valence-corrected chi connectivity index (χ0v) is 18.7. The van der Waals surface area contributed by atoms with Crippen molar-refractivity contribution in [2.45, 2.75) is 19.6 Å². The Morgan fingerprint density at radius 1 is 1.09 bits per heavy atom. The molecule has 0 N–H and O–H groups in total. The summed E-state index contributed by atoms with van der Waals surface area (Å²) in [5, 5.41) is 11.9. The van der Waals surface area contributed by atoms with Gasteiger partial charge in [0, 0.05) is 37.8 Å². The summed E-state index contributed by atoms with van der Waals surface area (Å²) in [6.07, 6.45) is -0.663. The van der Waals surface area contributed by atoms with Gasteiger partial charge in [0.15, 0.2) is 0 Å². The Bertz CT molecular complexity index is 1600. The molecule has 10 heteroatoms. The normalized spacial score (nSPS) is 15.5. The molecular formula is C24H21FN4O5. The van der Waals surface area contributed by atoms with Crippen molar-refractivity contribution in [2.75, 3.05) is 6.61 Å². The molecule has 3 heterocycles. The summed E-state index contributed by atoms with van der Waals surface area (Å²) in [4.78, 5) is 37.4. The van der Waals surface area contributed by atoms with Gasteiger partial charge in [-0.05, 0) is 24.6 Å². The maximum absolute atomic E-state index is 13.6. The van der Waals surface area contributed by atoms with Gasteiger partial charge in [-0.25, -0.2) is 9.18 Å². The summed E-state index contributed by atoms with van der Waals surface area (Å²) in [6.45, 7) is 2.32. The molecule has 1 aliphatic heterocycles. The third-order valence-electron chi connectivity index (χ3n) is 6.40. The SMILES string of the molecule is Cc1ccc(-c2c3c(=O)n(C)c(=O)n(C)c3c3n2CCO[C@H]3c2ccc(F)cc2)cc1[N+](=O)[O-]. The van der Waals surface area contributed by atoms with Crippen LogP contribution < -0.4 is 11.2 Å². The average Bonchev–Trinajstić information content (AvgIpc) is 3.17. The molecule has 2 aromatic carbocycles. The summed E-state index contributed by atoms with van der Waals surface area (Å²) in [5.74, 6) is -0.395. The van der Waals surface area contributed by atoms with E-state index in [1.807, 2.05) is 4.57 Å². The van der Waals surface area contributed by atoms with Crippen LogP contribution in [0, 0.1) is 22.9 Å². The number of nitro groups is 1. The standard InChI is InChI=1S/C24H21FN4O5/c1-13-4-5-15(12-17(13)29(32)33)19-18-20(26(2)24(31)27(3)23(18)30)21-22(34-11-10-28(19)21)14-6-8-16(25)9-7-14/h4-9,12,22H,10-11H2,1-3H3/t22-/m0/s1. The minimum absolute atomic E-state index is 0.0648. The van der Waals surface area contributed by atoms with Crippen molar-refractivity contribution in [1.82, 2.24) is 13.7 Å². The lowest BCUT2D eigenvalue weighted by Crippen LogP contribution is -2.37. The van der Waals surface area contributed by atoms with Crippen LogP contribution in [0.3, 0.4) is 0 Å². The number of aromatic nitrogens is 3. The molecule has 0 radical (unpaired) electrons. The van der Waals surface area contributed by atoms with E-state index in [0.717, 1.165) is 4.57 Å². The molecule has 0 fully saturated rings. The number of nitro benzene ring substituents is 1.